The van der Waals surface area contributed by atoms with E-state index in [1.807, 2.05) is 12.3 Å². The van der Waals surface area contributed by atoms with E-state index < -0.39 is 0 Å². The second-order valence-electron chi connectivity index (χ2n) is 5.20. The van der Waals surface area contributed by atoms with Crippen molar-refractivity contribution in [3.05, 3.63) is 24.8 Å². The predicted octanol–water partition coefficient (Wildman–Crippen LogP) is 0.823. The highest BCUT2D eigenvalue weighted by molar-refractivity contribution is 5.88. The molecule has 4 rings (SSSR count). The van der Waals surface area contributed by atoms with Crippen LogP contribution in [-0.4, -0.2) is 40.6 Å². The van der Waals surface area contributed by atoms with Gasteiger partial charge in [0.05, 0.1) is 10.9 Å². The van der Waals surface area contributed by atoms with Crippen molar-refractivity contribution in [2.75, 3.05) is 24.5 Å². The normalized spacial score (nSPS) is 26.8. The first-order chi connectivity index (χ1) is 8.90. The lowest BCUT2D eigenvalue weighted by molar-refractivity contribution is 0.473. The summed E-state index contributed by atoms with van der Waals surface area (Å²) in [5.74, 6) is 1.79. The van der Waals surface area contributed by atoms with Crippen molar-refractivity contribution < 1.29 is 0 Å². The van der Waals surface area contributed by atoms with Crippen molar-refractivity contribution in [3.63, 3.8) is 0 Å². The van der Waals surface area contributed by atoms with Crippen molar-refractivity contribution in [3.8, 4) is 0 Å². The second kappa shape index (κ2) is 3.88. The van der Waals surface area contributed by atoms with Gasteiger partial charge in [-0.15, -0.1) is 0 Å². The van der Waals surface area contributed by atoms with Crippen molar-refractivity contribution in [1.82, 2.24) is 20.3 Å². The number of hydrogen-bond acceptors (Lipinski definition) is 5. The average molecular weight is 241 g/mol. The summed E-state index contributed by atoms with van der Waals surface area (Å²) < 4.78 is 0. The van der Waals surface area contributed by atoms with Gasteiger partial charge in [-0.05, 0) is 18.4 Å². The largest absolute Gasteiger partial charge is 0.354 e. The summed E-state index contributed by atoms with van der Waals surface area (Å²) in [6.45, 7) is 3.27. The molecule has 2 saturated heterocycles. The van der Waals surface area contributed by atoms with Crippen LogP contribution in [0.5, 0.6) is 0 Å². The first kappa shape index (κ1) is 10.2. The number of anilines is 1. The van der Waals surface area contributed by atoms with Crippen LogP contribution in [0.25, 0.3) is 10.9 Å². The van der Waals surface area contributed by atoms with E-state index >= 15 is 0 Å². The molecule has 4 heterocycles. The standard InChI is InChI=1S/C13H15N5/c1-2-14-5-11-12(1)16-8-17-13(11)18-6-9-3-10(7-18)15-4-9/h1-2,5,8-10,15H,3-4,6-7H2. The van der Waals surface area contributed by atoms with E-state index in [-0.39, 0.29) is 0 Å². The van der Waals surface area contributed by atoms with E-state index in [0.29, 0.717) is 6.04 Å². The summed E-state index contributed by atoms with van der Waals surface area (Å²) in [4.78, 5) is 15.4. The molecule has 2 aromatic rings. The molecule has 5 heteroatoms. The van der Waals surface area contributed by atoms with Gasteiger partial charge in [0.1, 0.15) is 12.1 Å². The number of fused-ring (bicyclic) bond motifs is 3. The van der Waals surface area contributed by atoms with Gasteiger partial charge in [-0.1, -0.05) is 0 Å². The number of nitrogens with zero attached hydrogens (tertiary/aromatic N) is 4. The lowest BCUT2D eigenvalue weighted by Gasteiger charge is -2.32. The van der Waals surface area contributed by atoms with Gasteiger partial charge in [-0.3, -0.25) is 4.98 Å². The van der Waals surface area contributed by atoms with Gasteiger partial charge < -0.3 is 10.2 Å². The van der Waals surface area contributed by atoms with Crippen molar-refractivity contribution in [2.45, 2.75) is 12.5 Å². The minimum Gasteiger partial charge on any atom is -0.354 e. The number of pyridine rings is 1. The molecule has 18 heavy (non-hydrogen) atoms. The Morgan fingerprint density at radius 2 is 2.28 bits per heavy atom. The first-order valence-corrected chi connectivity index (χ1v) is 6.43. The highest BCUT2D eigenvalue weighted by atomic mass is 15.2. The minimum atomic E-state index is 0.616. The Hall–Kier alpha value is -1.75. The Balaban J connectivity index is 1.78. The number of hydrogen-bond donors (Lipinski definition) is 1. The lowest BCUT2D eigenvalue weighted by Crippen LogP contribution is -2.41. The van der Waals surface area contributed by atoms with E-state index in [9.17, 15) is 0 Å². The molecule has 0 radical (unpaired) electrons. The maximum absolute atomic E-state index is 4.47. The Morgan fingerprint density at radius 3 is 3.22 bits per heavy atom. The topological polar surface area (TPSA) is 53.9 Å². The fraction of sp³-hybridized carbons (Fsp3) is 0.462. The van der Waals surface area contributed by atoms with Crippen LogP contribution < -0.4 is 10.2 Å². The summed E-state index contributed by atoms with van der Waals surface area (Å²) in [6.07, 6.45) is 6.61. The SMILES string of the molecule is c1cc2ncnc(N3CC4CNC(C4)C3)c2cn1. The fourth-order valence-electron chi connectivity index (χ4n) is 3.14. The molecule has 0 amide bonds. The Kier molecular flexibility index (Phi) is 2.20. The summed E-state index contributed by atoms with van der Waals surface area (Å²) in [6, 6.07) is 2.56. The number of aromatic nitrogens is 3. The summed E-state index contributed by atoms with van der Waals surface area (Å²) in [7, 11) is 0. The molecule has 1 N–H and O–H groups in total. The molecule has 92 valence electrons. The van der Waals surface area contributed by atoms with E-state index in [2.05, 4.69) is 25.2 Å². The Morgan fingerprint density at radius 1 is 1.28 bits per heavy atom. The molecule has 0 aliphatic carbocycles. The molecule has 2 aliphatic heterocycles. The number of nitrogens with one attached hydrogen (secondary N) is 1. The van der Waals surface area contributed by atoms with Crippen LogP contribution in [-0.2, 0) is 0 Å². The van der Waals surface area contributed by atoms with Gasteiger partial charge >= 0.3 is 0 Å². The van der Waals surface area contributed by atoms with Gasteiger partial charge in [0.15, 0.2) is 0 Å². The molecular formula is C13H15N5. The highest BCUT2D eigenvalue weighted by Gasteiger charge is 2.33. The van der Waals surface area contributed by atoms with E-state index in [1.54, 1.807) is 12.5 Å². The minimum absolute atomic E-state index is 0.616. The maximum Gasteiger partial charge on any atom is 0.141 e. The smallest absolute Gasteiger partial charge is 0.141 e. The first-order valence-electron chi connectivity index (χ1n) is 6.43. The molecule has 2 atom stereocenters. The predicted molar refractivity (Wildman–Crippen MR) is 69.4 cm³/mol. The van der Waals surface area contributed by atoms with Gasteiger partial charge in [-0.2, -0.15) is 0 Å². The Labute approximate surface area is 105 Å². The van der Waals surface area contributed by atoms with Crippen LogP contribution in [0.3, 0.4) is 0 Å². The van der Waals surface area contributed by atoms with Crippen molar-refractivity contribution in [1.29, 1.82) is 0 Å². The summed E-state index contributed by atoms with van der Waals surface area (Å²) in [5, 5.41) is 4.62. The van der Waals surface area contributed by atoms with Crippen LogP contribution in [0.1, 0.15) is 6.42 Å². The number of piperidine rings is 1. The zero-order chi connectivity index (χ0) is 11.9. The maximum atomic E-state index is 4.47. The summed E-state index contributed by atoms with van der Waals surface area (Å²) in [5.41, 5.74) is 0.973. The van der Waals surface area contributed by atoms with E-state index in [4.69, 9.17) is 0 Å². The monoisotopic (exact) mass is 241 g/mol. The molecule has 2 bridgehead atoms. The van der Waals surface area contributed by atoms with Crippen LogP contribution in [0.4, 0.5) is 5.82 Å². The van der Waals surface area contributed by atoms with E-state index in [0.717, 1.165) is 42.3 Å². The fourth-order valence-corrected chi connectivity index (χ4v) is 3.14. The molecule has 2 unspecified atom stereocenters. The zero-order valence-corrected chi connectivity index (χ0v) is 10.1. The highest BCUT2D eigenvalue weighted by Crippen LogP contribution is 2.29. The van der Waals surface area contributed by atoms with Gasteiger partial charge in [0.25, 0.3) is 0 Å². The van der Waals surface area contributed by atoms with Crippen LogP contribution >= 0.6 is 0 Å². The molecule has 2 fully saturated rings. The summed E-state index contributed by atoms with van der Waals surface area (Å²) >= 11 is 0. The zero-order valence-electron chi connectivity index (χ0n) is 10.1. The van der Waals surface area contributed by atoms with E-state index in [1.165, 1.54) is 6.42 Å². The molecule has 2 aromatic heterocycles. The molecule has 0 saturated carbocycles. The van der Waals surface area contributed by atoms with Crippen LogP contribution in [0.2, 0.25) is 0 Å². The molecule has 0 spiro atoms. The van der Waals surface area contributed by atoms with Crippen molar-refractivity contribution in [2.24, 2.45) is 5.92 Å². The van der Waals surface area contributed by atoms with Gasteiger partial charge in [-0.25, -0.2) is 9.97 Å². The third kappa shape index (κ3) is 1.54. The third-order valence-corrected chi connectivity index (χ3v) is 3.95. The number of rotatable bonds is 1. The van der Waals surface area contributed by atoms with Gasteiger partial charge in [0, 0.05) is 38.1 Å². The Bertz CT molecular complexity index is 567. The molecule has 5 nitrogen and oxygen atoms in total. The third-order valence-electron chi connectivity index (χ3n) is 3.95. The average Bonchev–Trinajstić information content (AvgIpc) is 2.77. The second-order valence-corrected chi connectivity index (χ2v) is 5.20. The molecule has 2 aliphatic rings. The van der Waals surface area contributed by atoms with Crippen molar-refractivity contribution >= 4 is 16.7 Å². The lowest BCUT2D eigenvalue weighted by atomic mass is 10.00. The van der Waals surface area contributed by atoms with Crippen LogP contribution in [0, 0.1) is 5.92 Å². The van der Waals surface area contributed by atoms with Crippen LogP contribution in [0.15, 0.2) is 24.8 Å². The molecular weight excluding hydrogens is 226 g/mol. The van der Waals surface area contributed by atoms with Gasteiger partial charge in [0.2, 0.25) is 0 Å². The molecule has 0 aromatic carbocycles. The quantitative estimate of drug-likeness (QED) is 0.801.